The lowest BCUT2D eigenvalue weighted by molar-refractivity contribution is -0.120. The molecular formula is C22H33N3O4S. The fourth-order valence-electron chi connectivity index (χ4n) is 4.72. The standard InChI is InChI=1S/C22H33N3O4S/c26-22(18-7-3-1-4-8-18)23-20-17-19(30(27,28)25-13-15-29-16-14-25)9-10-21(20)24-11-5-2-6-12-24/h9-10,17-18H,1-8,11-16H2,(H,23,26). The van der Waals surface area contributed by atoms with Crippen LogP contribution in [0, 0.1) is 5.92 Å². The number of nitrogens with one attached hydrogen (secondary N) is 1. The van der Waals surface area contributed by atoms with E-state index in [0.29, 0.717) is 32.0 Å². The molecule has 1 amide bonds. The highest BCUT2D eigenvalue weighted by atomic mass is 32.2. The van der Waals surface area contributed by atoms with Crippen LogP contribution in [-0.2, 0) is 19.6 Å². The summed E-state index contributed by atoms with van der Waals surface area (Å²) >= 11 is 0. The first-order chi connectivity index (χ1) is 14.6. The van der Waals surface area contributed by atoms with E-state index in [1.165, 1.54) is 17.1 Å². The van der Waals surface area contributed by atoms with Gasteiger partial charge in [0.25, 0.3) is 0 Å². The average Bonchev–Trinajstić information content (AvgIpc) is 2.81. The summed E-state index contributed by atoms with van der Waals surface area (Å²) in [4.78, 5) is 15.5. The first-order valence-electron chi connectivity index (χ1n) is 11.3. The van der Waals surface area contributed by atoms with Crippen molar-refractivity contribution in [1.29, 1.82) is 0 Å². The van der Waals surface area contributed by atoms with Crippen molar-refractivity contribution >= 4 is 27.3 Å². The van der Waals surface area contributed by atoms with Gasteiger partial charge in [0.1, 0.15) is 0 Å². The quantitative estimate of drug-likeness (QED) is 0.768. The number of anilines is 2. The van der Waals surface area contributed by atoms with Crippen LogP contribution >= 0.6 is 0 Å². The van der Waals surface area contributed by atoms with Gasteiger partial charge in [0.2, 0.25) is 15.9 Å². The summed E-state index contributed by atoms with van der Waals surface area (Å²) in [5, 5.41) is 3.10. The molecule has 4 rings (SSSR count). The molecule has 2 saturated heterocycles. The van der Waals surface area contributed by atoms with Crippen molar-refractivity contribution < 1.29 is 17.9 Å². The van der Waals surface area contributed by atoms with Crippen molar-refractivity contribution in [1.82, 2.24) is 4.31 Å². The number of hydrogen-bond donors (Lipinski definition) is 1. The molecule has 1 saturated carbocycles. The maximum Gasteiger partial charge on any atom is 0.243 e. The van der Waals surface area contributed by atoms with E-state index >= 15 is 0 Å². The number of carbonyl (C=O) groups is 1. The second kappa shape index (κ2) is 9.66. The zero-order valence-electron chi connectivity index (χ0n) is 17.6. The van der Waals surface area contributed by atoms with Crippen molar-refractivity contribution in [3.8, 4) is 0 Å². The molecule has 2 heterocycles. The molecule has 166 valence electrons. The van der Waals surface area contributed by atoms with Gasteiger partial charge in [0.05, 0.1) is 29.5 Å². The van der Waals surface area contributed by atoms with Crippen LogP contribution in [0.1, 0.15) is 51.4 Å². The van der Waals surface area contributed by atoms with Gasteiger partial charge in [-0.1, -0.05) is 19.3 Å². The largest absolute Gasteiger partial charge is 0.379 e. The Morgan fingerprint density at radius 2 is 1.60 bits per heavy atom. The molecule has 30 heavy (non-hydrogen) atoms. The molecule has 1 aliphatic carbocycles. The van der Waals surface area contributed by atoms with Gasteiger partial charge < -0.3 is 15.0 Å². The number of ether oxygens (including phenoxy) is 1. The fraction of sp³-hybridized carbons (Fsp3) is 0.682. The molecule has 8 heteroatoms. The summed E-state index contributed by atoms with van der Waals surface area (Å²) in [6, 6.07) is 5.22. The molecule has 0 aromatic heterocycles. The number of rotatable bonds is 5. The van der Waals surface area contributed by atoms with E-state index in [9.17, 15) is 13.2 Å². The number of hydrogen-bond acceptors (Lipinski definition) is 5. The van der Waals surface area contributed by atoms with E-state index < -0.39 is 10.0 Å². The summed E-state index contributed by atoms with van der Waals surface area (Å²) in [5.41, 5.74) is 1.56. The number of sulfonamides is 1. The first-order valence-corrected chi connectivity index (χ1v) is 12.8. The molecule has 0 bridgehead atoms. The molecule has 7 nitrogen and oxygen atoms in total. The van der Waals surface area contributed by atoms with E-state index in [1.54, 1.807) is 12.1 Å². The Bertz CT molecular complexity index is 840. The molecule has 1 N–H and O–H groups in total. The average molecular weight is 436 g/mol. The third-order valence-corrected chi connectivity index (χ3v) is 8.40. The summed E-state index contributed by atoms with van der Waals surface area (Å²) in [6.07, 6.45) is 8.63. The molecule has 1 aromatic carbocycles. The lowest BCUT2D eigenvalue weighted by atomic mass is 9.88. The van der Waals surface area contributed by atoms with Gasteiger partial charge in [0, 0.05) is 32.1 Å². The van der Waals surface area contributed by atoms with Crippen LogP contribution < -0.4 is 10.2 Å². The van der Waals surface area contributed by atoms with E-state index in [0.717, 1.165) is 57.3 Å². The lowest BCUT2D eigenvalue weighted by Crippen LogP contribution is -2.40. The number of amides is 1. The highest BCUT2D eigenvalue weighted by Crippen LogP contribution is 2.33. The van der Waals surface area contributed by atoms with Crippen molar-refractivity contribution in [2.24, 2.45) is 5.92 Å². The van der Waals surface area contributed by atoms with Gasteiger partial charge in [-0.05, 0) is 50.3 Å². The van der Waals surface area contributed by atoms with Gasteiger partial charge in [0.15, 0.2) is 0 Å². The summed E-state index contributed by atoms with van der Waals surface area (Å²) in [7, 11) is -3.61. The molecule has 2 aliphatic heterocycles. The van der Waals surface area contributed by atoms with Gasteiger partial charge in [-0.2, -0.15) is 4.31 Å². The molecular weight excluding hydrogens is 402 g/mol. The van der Waals surface area contributed by atoms with E-state index in [4.69, 9.17) is 4.74 Å². The molecule has 3 fully saturated rings. The first kappa shape index (κ1) is 21.6. The number of benzene rings is 1. The Kier molecular flexibility index (Phi) is 6.95. The predicted octanol–water partition coefficient (Wildman–Crippen LogP) is 3.22. The van der Waals surface area contributed by atoms with Crippen molar-refractivity contribution in [2.45, 2.75) is 56.3 Å². The fourth-order valence-corrected chi connectivity index (χ4v) is 6.16. The summed E-state index contributed by atoms with van der Waals surface area (Å²) in [5.74, 6) is 0.0429. The summed E-state index contributed by atoms with van der Waals surface area (Å²) < 4.78 is 33.1. The van der Waals surface area contributed by atoms with Crippen LogP contribution in [-0.4, -0.2) is 58.0 Å². The van der Waals surface area contributed by atoms with Crippen LogP contribution in [0.2, 0.25) is 0 Å². The summed E-state index contributed by atoms with van der Waals surface area (Å²) in [6.45, 7) is 3.41. The topological polar surface area (TPSA) is 79.0 Å². The smallest absolute Gasteiger partial charge is 0.243 e. The SMILES string of the molecule is O=C(Nc1cc(S(=O)(=O)N2CCOCC2)ccc1N1CCCCC1)C1CCCCC1. The highest BCUT2D eigenvalue weighted by molar-refractivity contribution is 7.89. The maximum absolute atomic E-state index is 13.2. The van der Waals surface area contributed by atoms with Crippen molar-refractivity contribution in [3.05, 3.63) is 18.2 Å². The Morgan fingerprint density at radius 3 is 2.30 bits per heavy atom. The van der Waals surface area contributed by atoms with E-state index in [-0.39, 0.29) is 16.7 Å². The van der Waals surface area contributed by atoms with Crippen LogP contribution in [0.4, 0.5) is 11.4 Å². The molecule has 0 spiro atoms. The minimum atomic E-state index is -3.61. The normalized spacial score (nSPS) is 22.1. The Morgan fingerprint density at radius 1 is 0.933 bits per heavy atom. The van der Waals surface area contributed by atoms with Crippen LogP contribution in [0.5, 0.6) is 0 Å². The maximum atomic E-state index is 13.2. The zero-order chi connectivity index (χ0) is 21.0. The number of piperidine rings is 1. The van der Waals surface area contributed by atoms with Crippen LogP contribution in [0.25, 0.3) is 0 Å². The second-order valence-electron chi connectivity index (χ2n) is 8.57. The van der Waals surface area contributed by atoms with Crippen LogP contribution in [0.15, 0.2) is 23.1 Å². The van der Waals surface area contributed by atoms with Crippen molar-refractivity contribution in [2.75, 3.05) is 49.6 Å². The van der Waals surface area contributed by atoms with E-state index in [2.05, 4.69) is 10.2 Å². The zero-order valence-corrected chi connectivity index (χ0v) is 18.5. The van der Waals surface area contributed by atoms with Gasteiger partial charge >= 0.3 is 0 Å². The monoisotopic (exact) mass is 435 g/mol. The third kappa shape index (κ3) is 4.81. The minimum Gasteiger partial charge on any atom is -0.379 e. The van der Waals surface area contributed by atoms with E-state index in [1.807, 2.05) is 6.07 Å². The highest BCUT2D eigenvalue weighted by Gasteiger charge is 2.29. The molecule has 0 radical (unpaired) electrons. The molecule has 1 aromatic rings. The number of carbonyl (C=O) groups excluding carboxylic acids is 1. The second-order valence-corrected chi connectivity index (χ2v) is 10.5. The van der Waals surface area contributed by atoms with Gasteiger partial charge in [-0.15, -0.1) is 0 Å². The van der Waals surface area contributed by atoms with Gasteiger partial charge in [-0.3, -0.25) is 4.79 Å². The van der Waals surface area contributed by atoms with Crippen molar-refractivity contribution in [3.63, 3.8) is 0 Å². The predicted molar refractivity (Wildman–Crippen MR) is 117 cm³/mol. The molecule has 3 aliphatic rings. The number of nitrogens with zero attached hydrogens (tertiary/aromatic N) is 2. The van der Waals surface area contributed by atoms with Crippen LogP contribution in [0.3, 0.4) is 0 Å². The number of morpholine rings is 1. The molecule has 0 unspecified atom stereocenters. The lowest BCUT2D eigenvalue weighted by Gasteiger charge is -2.32. The minimum absolute atomic E-state index is 0.0208. The molecule has 0 atom stereocenters. The van der Waals surface area contributed by atoms with Gasteiger partial charge in [-0.25, -0.2) is 8.42 Å². The Hall–Kier alpha value is -1.64. The third-order valence-electron chi connectivity index (χ3n) is 6.51. The Labute approximate surface area is 179 Å². The Balaban J connectivity index is 1.62.